The van der Waals surface area contributed by atoms with Gasteiger partial charge in [0, 0.05) is 11.5 Å². The molecule has 0 aliphatic rings. The molecule has 0 bridgehead atoms. The van der Waals surface area contributed by atoms with Crippen molar-refractivity contribution in [3.63, 3.8) is 0 Å². The van der Waals surface area contributed by atoms with E-state index in [1.54, 1.807) is 0 Å². The third kappa shape index (κ3) is 2.92. The van der Waals surface area contributed by atoms with Crippen LogP contribution >= 0.6 is 0 Å². The molecule has 0 N–H and O–H groups in total. The van der Waals surface area contributed by atoms with E-state index in [-0.39, 0.29) is 11.7 Å². The molecule has 1 aromatic carbocycles. The highest BCUT2D eigenvalue weighted by Gasteiger charge is 2.11. The van der Waals surface area contributed by atoms with E-state index < -0.39 is 0 Å². The molecule has 1 aromatic rings. The molecule has 0 spiro atoms. The molecule has 1 unspecified atom stereocenters. The van der Waals surface area contributed by atoms with Crippen LogP contribution in [0.1, 0.15) is 56.0 Å². The Bertz CT molecular complexity index is 339. The Balaban J connectivity index is 2.97. The van der Waals surface area contributed by atoms with Crippen LogP contribution in [0.2, 0.25) is 0 Å². The van der Waals surface area contributed by atoms with Gasteiger partial charge in [0.05, 0.1) is 0 Å². The Morgan fingerprint density at radius 1 is 1.27 bits per heavy atom. The molecule has 82 valence electrons. The minimum Gasteiger partial charge on any atom is -0.294 e. The summed E-state index contributed by atoms with van der Waals surface area (Å²) in [6.45, 7) is 8.25. The van der Waals surface area contributed by atoms with Crippen LogP contribution in [0.5, 0.6) is 0 Å². The Morgan fingerprint density at radius 2 is 1.93 bits per heavy atom. The molecule has 0 amide bonds. The normalized spacial score (nSPS) is 12.9. The quantitative estimate of drug-likeness (QED) is 0.676. The molecule has 1 rings (SSSR count). The summed E-state index contributed by atoms with van der Waals surface area (Å²) < 4.78 is 0. The van der Waals surface area contributed by atoms with E-state index in [1.807, 2.05) is 32.0 Å². The standard InChI is InChI=1S/C14H20O/c1-5-11(4)12-7-6-8-13(9-12)14(15)10(2)3/h6-11H,5H2,1-4H3. The zero-order valence-electron chi connectivity index (χ0n) is 10.1. The average molecular weight is 204 g/mol. The molecule has 15 heavy (non-hydrogen) atoms. The topological polar surface area (TPSA) is 17.1 Å². The maximum absolute atomic E-state index is 11.8. The van der Waals surface area contributed by atoms with Crippen LogP contribution in [0.3, 0.4) is 0 Å². The van der Waals surface area contributed by atoms with Crippen molar-refractivity contribution in [2.75, 3.05) is 0 Å². The fourth-order valence-corrected chi connectivity index (χ4v) is 1.57. The molecule has 0 aliphatic carbocycles. The van der Waals surface area contributed by atoms with Crippen molar-refractivity contribution in [1.82, 2.24) is 0 Å². The second-order valence-corrected chi connectivity index (χ2v) is 4.45. The van der Waals surface area contributed by atoms with E-state index in [9.17, 15) is 4.79 Å². The highest BCUT2D eigenvalue weighted by Crippen LogP contribution is 2.20. The molecule has 1 nitrogen and oxygen atoms in total. The summed E-state index contributed by atoms with van der Waals surface area (Å²) in [6.07, 6.45) is 1.11. The maximum atomic E-state index is 11.8. The van der Waals surface area contributed by atoms with E-state index in [2.05, 4.69) is 19.9 Å². The molecule has 0 saturated carbocycles. The first-order valence-corrected chi connectivity index (χ1v) is 5.70. The van der Waals surface area contributed by atoms with Gasteiger partial charge in [-0.15, -0.1) is 0 Å². The van der Waals surface area contributed by atoms with Gasteiger partial charge in [-0.2, -0.15) is 0 Å². The SMILES string of the molecule is CCC(C)c1cccc(C(=O)C(C)C)c1. The molecule has 0 heterocycles. The summed E-state index contributed by atoms with van der Waals surface area (Å²) >= 11 is 0. The molecular weight excluding hydrogens is 184 g/mol. The number of carbonyl (C=O) groups is 1. The zero-order valence-corrected chi connectivity index (χ0v) is 10.1. The van der Waals surface area contributed by atoms with Crippen molar-refractivity contribution in [3.05, 3.63) is 35.4 Å². The zero-order chi connectivity index (χ0) is 11.4. The number of benzene rings is 1. The van der Waals surface area contributed by atoms with Crippen molar-refractivity contribution in [3.8, 4) is 0 Å². The van der Waals surface area contributed by atoms with Crippen molar-refractivity contribution >= 4 is 5.78 Å². The smallest absolute Gasteiger partial charge is 0.165 e. The van der Waals surface area contributed by atoms with Gasteiger partial charge in [0.1, 0.15) is 0 Å². The number of Topliss-reactive ketones (excluding diaryl/α,β-unsaturated/α-hetero) is 1. The fourth-order valence-electron chi connectivity index (χ4n) is 1.57. The monoisotopic (exact) mass is 204 g/mol. The molecular formula is C14H20O. The summed E-state index contributed by atoms with van der Waals surface area (Å²) in [5, 5.41) is 0. The van der Waals surface area contributed by atoms with Crippen molar-refractivity contribution in [2.45, 2.75) is 40.0 Å². The van der Waals surface area contributed by atoms with E-state index >= 15 is 0 Å². The molecule has 1 atom stereocenters. The number of hydrogen-bond donors (Lipinski definition) is 0. The van der Waals surface area contributed by atoms with Gasteiger partial charge in [-0.3, -0.25) is 4.79 Å². The van der Waals surface area contributed by atoms with Crippen LogP contribution in [0.4, 0.5) is 0 Å². The summed E-state index contributed by atoms with van der Waals surface area (Å²) in [6, 6.07) is 8.03. The van der Waals surface area contributed by atoms with Crippen LogP contribution in [-0.4, -0.2) is 5.78 Å². The lowest BCUT2D eigenvalue weighted by Gasteiger charge is -2.11. The lowest BCUT2D eigenvalue weighted by atomic mass is 9.93. The van der Waals surface area contributed by atoms with Crippen molar-refractivity contribution < 1.29 is 4.79 Å². The maximum Gasteiger partial charge on any atom is 0.165 e. The molecule has 0 radical (unpaired) electrons. The van der Waals surface area contributed by atoms with E-state index in [0.717, 1.165) is 12.0 Å². The lowest BCUT2D eigenvalue weighted by molar-refractivity contribution is 0.0939. The minimum absolute atomic E-state index is 0.0807. The fraction of sp³-hybridized carbons (Fsp3) is 0.500. The van der Waals surface area contributed by atoms with Gasteiger partial charge in [0.15, 0.2) is 5.78 Å². The Hall–Kier alpha value is -1.11. The predicted molar refractivity (Wildman–Crippen MR) is 64.3 cm³/mol. The van der Waals surface area contributed by atoms with Gasteiger partial charge in [0.25, 0.3) is 0 Å². The Morgan fingerprint density at radius 3 is 2.47 bits per heavy atom. The largest absolute Gasteiger partial charge is 0.294 e. The van der Waals surface area contributed by atoms with Gasteiger partial charge in [-0.25, -0.2) is 0 Å². The molecule has 0 saturated heterocycles. The highest BCUT2D eigenvalue weighted by atomic mass is 16.1. The van der Waals surface area contributed by atoms with Gasteiger partial charge in [-0.05, 0) is 24.0 Å². The Labute approximate surface area is 92.5 Å². The molecule has 0 aromatic heterocycles. The van der Waals surface area contributed by atoms with E-state index in [1.165, 1.54) is 5.56 Å². The van der Waals surface area contributed by atoms with Gasteiger partial charge < -0.3 is 0 Å². The summed E-state index contributed by atoms with van der Waals surface area (Å²) in [5.41, 5.74) is 2.12. The first-order valence-electron chi connectivity index (χ1n) is 5.70. The van der Waals surface area contributed by atoms with Crippen LogP contribution in [0.25, 0.3) is 0 Å². The third-order valence-corrected chi connectivity index (χ3v) is 2.88. The van der Waals surface area contributed by atoms with Crippen LogP contribution in [0.15, 0.2) is 24.3 Å². The number of rotatable bonds is 4. The van der Waals surface area contributed by atoms with E-state index in [0.29, 0.717) is 5.92 Å². The summed E-state index contributed by atoms with van der Waals surface area (Å²) in [5.74, 6) is 0.849. The molecule has 0 aliphatic heterocycles. The summed E-state index contributed by atoms with van der Waals surface area (Å²) in [7, 11) is 0. The van der Waals surface area contributed by atoms with Crippen LogP contribution in [-0.2, 0) is 0 Å². The third-order valence-electron chi connectivity index (χ3n) is 2.88. The first-order chi connectivity index (χ1) is 7.06. The second-order valence-electron chi connectivity index (χ2n) is 4.45. The van der Waals surface area contributed by atoms with Crippen LogP contribution < -0.4 is 0 Å². The molecule has 1 heteroatoms. The van der Waals surface area contributed by atoms with Gasteiger partial charge in [0.2, 0.25) is 0 Å². The van der Waals surface area contributed by atoms with Gasteiger partial charge in [-0.1, -0.05) is 45.9 Å². The highest BCUT2D eigenvalue weighted by molar-refractivity contribution is 5.97. The molecule has 0 fully saturated rings. The van der Waals surface area contributed by atoms with Crippen molar-refractivity contribution in [1.29, 1.82) is 0 Å². The van der Waals surface area contributed by atoms with Crippen molar-refractivity contribution in [2.24, 2.45) is 5.92 Å². The number of ketones is 1. The predicted octanol–water partition coefficient (Wildman–Crippen LogP) is 4.04. The summed E-state index contributed by atoms with van der Waals surface area (Å²) in [4.78, 5) is 11.8. The number of carbonyl (C=O) groups excluding carboxylic acids is 1. The first kappa shape index (κ1) is 12.0. The van der Waals surface area contributed by atoms with Crippen LogP contribution in [0, 0.1) is 5.92 Å². The average Bonchev–Trinajstić information content (AvgIpc) is 2.27. The van der Waals surface area contributed by atoms with E-state index in [4.69, 9.17) is 0 Å². The second kappa shape index (κ2) is 5.11. The number of hydrogen-bond acceptors (Lipinski definition) is 1. The Kier molecular flexibility index (Phi) is 4.07. The minimum atomic E-state index is 0.0807. The lowest BCUT2D eigenvalue weighted by Crippen LogP contribution is -2.08. The van der Waals surface area contributed by atoms with Gasteiger partial charge >= 0.3 is 0 Å².